The Bertz CT molecular complexity index is 3750. The number of aromatic nitrogens is 24. The first kappa shape index (κ1) is 128. The normalized spacial score (nSPS) is 11.6. The first-order valence-corrected chi connectivity index (χ1v) is 56.2. The highest BCUT2D eigenvalue weighted by atomic mass is 15.5. The molecule has 0 N–H and O–H groups in total. The minimum atomic E-state index is 0.635. The van der Waals surface area contributed by atoms with Crippen LogP contribution in [0.15, 0.2) is 49.6 Å². The molecule has 0 aliphatic heterocycles. The van der Waals surface area contributed by atoms with Crippen LogP contribution in [0, 0.1) is 94.7 Å². The van der Waals surface area contributed by atoms with Crippen molar-refractivity contribution >= 4 is 0 Å². The van der Waals surface area contributed by atoms with Gasteiger partial charge in [0.2, 0.25) is 0 Å². The van der Waals surface area contributed by atoms with Gasteiger partial charge in [0, 0.05) is 83.3 Å². The van der Waals surface area contributed by atoms with Gasteiger partial charge < -0.3 is 0 Å². The average Bonchev–Trinajstić information content (AvgIpc) is 1.76. The maximum atomic E-state index is 4.22. The topological polar surface area (TPSA) is 246 Å². The molecule has 0 aliphatic rings. The highest BCUT2D eigenvalue weighted by Gasteiger charge is 2.14. The molecule has 8 aromatic heterocycles. The molecule has 8 rings (SSSR count). The fourth-order valence-electron chi connectivity index (χ4n) is 15.8. The van der Waals surface area contributed by atoms with E-state index in [0.29, 0.717) is 17.8 Å². The molecule has 0 saturated heterocycles. The van der Waals surface area contributed by atoms with Gasteiger partial charge in [0.25, 0.3) is 0 Å². The van der Waals surface area contributed by atoms with Crippen molar-refractivity contribution in [2.45, 2.75) is 537 Å². The Balaban J connectivity index is 0.000000783. The lowest BCUT2D eigenvalue weighted by atomic mass is 10.0. The molecule has 24 heteroatoms. The minimum Gasteiger partial charge on any atom is -0.252 e. The van der Waals surface area contributed by atoms with Crippen molar-refractivity contribution in [1.29, 1.82) is 0 Å². The lowest BCUT2D eigenvalue weighted by Crippen LogP contribution is -2.08. The summed E-state index contributed by atoms with van der Waals surface area (Å²) >= 11 is 0. The van der Waals surface area contributed by atoms with Gasteiger partial charge in [0.05, 0.1) is 64.1 Å². The van der Waals surface area contributed by atoms with Crippen LogP contribution in [-0.4, -0.2) is 120 Å². The average molecular weight is 1910 g/mol. The van der Waals surface area contributed by atoms with Crippen LogP contribution in [0.1, 0.15) is 479 Å². The standard InChI is InChI=1S/C16H31N3.C15H29N3.4C14H27N3.2C13H25N3/c1-14(2)9-6-5-7-11-16-13-17-18-19(16)12-8-10-15(3)4;1-13(2)8-5-6-11-18-15(12-16-17-18)10-7-9-14(3)4;2*1-12(2)7-5-9-14-11-17(16-15-14)10-6-8-13(3)4;1-12(2)8-6-5-7-9-17-11-14(15-16-17)10-13(3)4;1-12(2)8-6-5-7-9-14-11-17(16-15-14)10-13(3)4;1-11(2)6-5-9-16-10-13(14-15-16)8-7-12(3)4;1-11(2)7-5-6-8-16-13(9-12(3)4)10-14-15-16/h13-15H,5-12H2,1-4H3;12-14H,5-11H2,1-4H3;4*11-13H,5-10H2,1-4H3;2*10-12H,5-9H2,1-4H3. The zero-order valence-electron chi connectivity index (χ0n) is 95.2. The second-order valence-electron chi connectivity index (χ2n) is 46.7. The number of rotatable bonds is 65. The van der Waals surface area contributed by atoms with Crippen LogP contribution < -0.4 is 0 Å². The van der Waals surface area contributed by atoms with Crippen LogP contribution in [0.25, 0.3) is 0 Å². The van der Waals surface area contributed by atoms with E-state index in [1.54, 1.807) is 0 Å². The van der Waals surface area contributed by atoms with Gasteiger partial charge in [-0.15, -0.1) is 40.8 Å². The molecule has 0 aliphatic carbocycles. The molecule has 8 heterocycles. The van der Waals surface area contributed by atoms with E-state index in [1.165, 1.54) is 229 Å². The smallest absolute Gasteiger partial charge is 0.0829 e. The Morgan fingerprint density at radius 3 is 0.759 bits per heavy atom. The molecule has 0 amide bonds. The van der Waals surface area contributed by atoms with E-state index < -0.39 is 0 Å². The zero-order valence-corrected chi connectivity index (χ0v) is 95.2. The van der Waals surface area contributed by atoms with Crippen molar-refractivity contribution in [1.82, 2.24) is 120 Å². The molecule has 0 bridgehead atoms. The van der Waals surface area contributed by atoms with Crippen LogP contribution >= 0.6 is 0 Å². The lowest BCUT2D eigenvalue weighted by molar-refractivity contribution is 0.468. The second kappa shape index (κ2) is 80.6. The van der Waals surface area contributed by atoms with Crippen molar-refractivity contribution in [2.24, 2.45) is 94.7 Å². The fourth-order valence-corrected chi connectivity index (χ4v) is 15.8. The molecular weight excluding hydrogens is 1690 g/mol. The van der Waals surface area contributed by atoms with Crippen molar-refractivity contribution in [3.05, 3.63) is 95.1 Å². The molecule has 790 valence electrons. The van der Waals surface area contributed by atoms with Crippen molar-refractivity contribution in [2.75, 3.05) is 0 Å². The molecule has 0 radical (unpaired) electrons. The van der Waals surface area contributed by atoms with E-state index in [-0.39, 0.29) is 0 Å². The summed E-state index contributed by atoms with van der Waals surface area (Å²) in [5, 5.41) is 66.6. The second-order valence-corrected chi connectivity index (χ2v) is 46.7. The van der Waals surface area contributed by atoms with E-state index in [9.17, 15) is 0 Å². The number of nitrogens with zero attached hydrogens (tertiary/aromatic N) is 24. The maximum absolute atomic E-state index is 4.22. The molecule has 137 heavy (non-hydrogen) atoms. The Morgan fingerprint density at radius 1 is 0.175 bits per heavy atom. The third-order valence-corrected chi connectivity index (χ3v) is 24.0. The van der Waals surface area contributed by atoms with Gasteiger partial charge in [-0.2, -0.15) is 0 Å². The minimum absolute atomic E-state index is 0.635. The van der Waals surface area contributed by atoms with E-state index in [4.69, 9.17) is 0 Å². The van der Waals surface area contributed by atoms with Crippen molar-refractivity contribution in [3.8, 4) is 0 Å². The first-order chi connectivity index (χ1) is 65.2. The predicted molar refractivity (Wildman–Crippen MR) is 580 cm³/mol. The Labute approximate surface area is 842 Å². The molecule has 0 unspecified atom stereocenters. The van der Waals surface area contributed by atoms with E-state index in [0.717, 1.165) is 209 Å². The van der Waals surface area contributed by atoms with E-state index in [2.05, 4.69) is 349 Å². The van der Waals surface area contributed by atoms with E-state index in [1.807, 2.05) is 42.0 Å². The molecule has 0 spiro atoms. The Morgan fingerprint density at radius 2 is 0.409 bits per heavy atom. The van der Waals surface area contributed by atoms with Crippen LogP contribution in [0.2, 0.25) is 0 Å². The zero-order chi connectivity index (χ0) is 102. The van der Waals surface area contributed by atoms with Gasteiger partial charge in [-0.3, -0.25) is 23.4 Å². The summed E-state index contributed by atoms with van der Waals surface area (Å²) in [5.41, 5.74) is 9.61. The maximum Gasteiger partial charge on any atom is 0.0829 e. The summed E-state index contributed by atoms with van der Waals surface area (Å²) in [4.78, 5) is 0. The SMILES string of the molecule is CC(C)CCCCCc1cn(CC(C)C)nn1.CC(C)CCCCCc1cnnn1CCCC(C)C.CC(C)CCCCCn1cc(CC(C)C)nn1.CC(C)CCCCn1nncc1CC(C)C.CC(C)CCCCn1nncc1CCCC(C)C.CC(C)CCCc1cn(CCCC(C)C)nn1.CC(C)CCCc1cn(CCCC(C)C)nn1.CC(C)CCCn1cc(CCC(C)C)nn1. The number of hydrogen-bond acceptors (Lipinski definition) is 16. The highest BCUT2D eigenvalue weighted by Crippen LogP contribution is 2.20. The summed E-state index contributed by atoms with van der Waals surface area (Å²) in [6, 6.07) is 0. The summed E-state index contributed by atoms with van der Waals surface area (Å²) < 4.78 is 16.2. The van der Waals surface area contributed by atoms with Gasteiger partial charge in [-0.05, 0) is 255 Å². The third kappa shape index (κ3) is 76.5. The van der Waals surface area contributed by atoms with Crippen molar-refractivity contribution < 1.29 is 0 Å². The van der Waals surface area contributed by atoms with Gasteiger partial charge in [0.15, 0.2) is 0 Å². The lowest BCUT2D eigenvalue weighted by Gasteiger charge is -2.08. The van der Waals surface area contributed by atoms with Crippen LogP contribution in [0.5, 0.6) is 0 Å². The van der Waals surface area contributed by atoms with Crippen LogP contribution in [0.3, 0.4) is 0 Å². The Hall–Kier alpha value is -6.88. The van der Waals surface area contributed by atoms with Gasteiger partial charge in [0.1, 0.15) is 0 Å². The summed E-state index contributed by atoms with van der Waals surface area (Å²) in [7, 11) is 0. The molecular formula is C113H218N24. The molecule has 24 nitrogen and oxygen atoms in total. The number of aryl methyl sites for hydroxylation is 13. The van der Waals surface area contributed by atoms with Crippen molar-refractivity contribution in [3.63, 3.8) is 0 Å². The molecule has 8 aromatic rings. The molecule has 0 aromatic carbocycles. The van der Waals surface area contributed by atoms with Gasteiger partial charge in [-0.1, -0.05) is 366 Å². The predicted octanol–water partition coefficient (Wildman–Crippen LogP) is 29.9. The molecule has 0 atom stereocenters. The number of hydrogen-bond donors (Lipinski definition) is 0. The third-order valence-electron chi connectivity index (χ3n) is 24.0. The summed E-state index contributed by atoms with van der Waals surface area (Å²) in [6.45, 7) is 80.5. The largest absolute Gasteiger partial charge is 0.252 e. The molecule has 0 fully saturated rings. The van der Waals surface area contributed by atoms with E-state index >= 15 is 0 Å². The first-order valence-electron chi connectivity index (χ1n) is 56.2. The molecule has 0 saturated carbocycles. The van der Waals surface area contributed by atoms with Crippen LogP contribution in [-0.2, 0) is 104 Å². The summed E-state index contributed by atoms with van der Waals surface area (Å²) in [5.74, 6) is 12.3. The van der Waals surface area contributed by atoms with Gasteiger partial charge >= 0.3 is 0 Å². The Kier molecular flexibility index (Phi) is 75.4. The van der Waals surface area contributed by atoms with Gasteiger partial charge in [-0.25, -0.2) is 14.0 Å². The fraction of sp³-hybridized carbons (Fsp3) is 0.858. The monoisotopic (exact) mass is 1910 g/mol. The quantitative estimate of drug-likeness (QED) is 0.0322. The highest BCUT2D eigenvalue weighted by molar-refractivity contribution is 4.99. The summed E-state index contributed by atoms with van der Waals surface area (Å²) in [6.07, 6.45) is 67.0. The van der Waals surface area contributed by atoms with Crippen LogP contribution in [0.4, 0.5) is 0 Å². The number of unbranched alkanes of at least 4 members (excludes halogenated alkanes) is 8.